The maximum Gasteiger partial charge on any atom is 0.336 e. The van der Waals surface area contributed by atoms with Crippen LogP contribution in [0.3, 0.4) is 0 Å². The number of rotatable bonds is 5. The van der Waals surface area contributed by atoms with Crippen molar-refractivity contribution in [1.29, 1.82) is 0 Å². The van der Waals surface area contributed by atoms with E-state index in [1.54, 1.807) is 6.07 Å². The van der Waals surface area contributed by atoms with Crippen molar-refractivity contribution in [2.45, 2.75) is 46.2 Å². The molecule has 0 saturated carbocycles. The molecule has 0 amide bonds. The molecule has 1 saturated heterocycles. The highest BCUT2D eigenvalue weighted by Crippen LogP contribution is 2.26. The molecule has 1 atom stereocenters. The van der Waals surface area contributed by atoms with Crippen LogP contribution in [0.5, 0.6) is 0 Å². The Morgan fingerprint density at radius 2 is 2.13 bits per heavy atom. The van der Waals surface area contributed by atoms with E-state index >= 15 is 0 Å². The average Bonchev–Trinajstić information content (AvgIpc) is 2.93. The first-order valence-corrected chi connectivity index (χ1v) is 8.44. The monoisotopic (exact) mass is 315 g/mol. The SMILES string of the molecule is CCOCC1CCCN1Cc1cc(=O)oc2c(C)cc(C)cc12. The molecule has 2 aromatic rings. The van der Waals surface area contributed by atoms with Gasteiger partial charge in [-0.3, -0.25) is 4.90 Å². The minimum Gasteiger partial charge on any atom is -0.422 e. The summed E-state index contributed by atoms with van der Waals surface area (Å²) in [7, 11) is 0. The molecule has 1 fully saturated rings. The Morgan fingerprint density at radius 1 is 1.30 bits per heavy atom. The van der Waals surface area contributed by atoms with Crippen molar-refractivity contribution in [2.75, 3.05) is 19.8 Å². The van der Waals surface area contributed by atoms with Crippen LogP contribution in [0, 0.1) is 13.8 Å². The van der Waals surface area contributed by atoms with Crippen molar-refractivity contribution in [3.05, 3.63) is 45.3 Å². The summed E-state index contributed by atoms with van der Waals surface area (Å²) in [6, 6.07) is 6.28. The van der Waals surface area contributed by atoms with E-state index in [9.17, 15) is 4.79 Å². The maximum atomic E-state index is 12.0. The largest absolute Gasteiger partial charge is 0.422 e. The van der Waals surface area contributed by atoms with E-state index in [0.717, 1.165) is 54.8 Å². The van der Waals surface area contributed by atoms with Crippen LogP contribution in [0.1, 0.15) is 36.5 Å². The van der Waals surface area contributed by atoms with Gasteiger partial charge in [-0.15, -0.1) is 0 Å². The second kappa shape index (κ2) is 6.85. The number of fused-ring (bicyclic) bond motifs is 1. The van der Waals surface area contributed by atoms with Gasteiger partial charge in [0.05, 0.1) is 6.61 Å². The van der Waals surface area contributed by atoms with Gasteiger partial charge < -0.3 is 9.15 Å². The number of hydrogen-bond acceptors (Lipinski definition) is 4. The van der Waals surface area contributed by atoms with Crippen LogP contribution in [-0.4, -0.2) is 30.7 Å². The zero-order chi connectivity index (χ0) is 16.4. The summed E-state index contributed by atoms with van der Waals surface area (Å²) < 4.78 is 11.1. The maximum absolute atomic E-state index is 12.0. The minimum atomic E-state index is -0.264. The molecule has 3 rings (SSSR count). The molecule has 0 aliphatic carbocycles. The Hall–Kier alpha value is -1.65. The molecule has 0 bridgehead atoms. The lowest BCUT2D eigenvalue weighted by molar-refractivity contribution is 0.0825. The Morgan fingerprint density at radius 3 is 2.91 bits per heavy atom. The Balaban J connectivity index is 1.94. The van der Waals surface area contributed by atoms with E-state index < -0.39 is 0 Å². The quantitative estimate of drug-likeness (QED) is 0.793. The zero-order valence-electron chi connectivity index (χ0n) is 14.2. The van der Waals surface area contributed by atoms with E-state index in [-0.39, 0.29) is 5.63 Å². The van der Waals surface area contributed by atoms with Gasteiger partial charge in [0.2, 0.25) is 0 Å². The molecule has 1 aromatic heterocycles. The van der Waals surface area contributed by atoms with Gasteiger partial charge in [-0.2, -0.15) is 0 Å². The van der Waals surface area contributed by atoms with Crippen LogP contribution in [0.2, 0.25) is 0 Å². The number of benzene rings is 1. The van der Waals surface area contributed by atoms with Gasteiger partial charge in [-0.05, 0) is 62.9 Å². The van der Waals surface area contributed by atoms with E-state index in [4.69, 9.17) is 9.15 Å². The van der Waals surface area contributed by atoms with Crippen molar-refractivity contribution < 1.29 is 9.15 Å². The summed E-state index contributed by atoms with van der Waals surface area (Å²) in [5.41, 5.74) is 3.73. The number of likely N-dealkylation sites (tertiary alicyclic amines) is 1. The van der Waals surface area contributed by atoms with Crippen LogP contribution in [0.25, 0.3) is 11.0 Å². The highest BCUT2D eigenvalue weighted by Gasteiger charge is 2.25. The average molecular weight is 315 g/mol. The standard InChI is InChI=1S/C19H25NO3/c1-4-22-12-16-6-5-7-20(16)11-15-10-18(21)23-19-14(3)8-13(2)9-17(15)19/h8-10,16H,4-7,11-12H2,1-3H3. The van der Waals surface area contributed by atoms with Crippen molar-refractivity contribution in [2.24, 2.45) is 0 Å². The molecule has 1 aliphatic rings. The van der Waals surface area contributed by atoms with Crippen LogP contribution in [0.4, 0.5) is 0 Å². The molecule has 0 N–H and O–H groups in total. The lowest BCUT2D eigenvalue weighted by atomic mass is 10.0. The highest BCUT2D eigenvalue weighted by atomic mass is 16.5. The van der Waals surface area contributed by atoms with Gasteiger partial charge in [0.25, 0.3) is 0 Å². The first kappa shape index (κ1) is 16.2. The molecular formula is C19H25NO3. The van der Waals surface area contributed by atoms with E-state index in [2.05, 4.69) is 24.0 Å². The lowest BCUT2D eigenvalue weighted by Gasteiger charge is -2.24. The summed E-state index contributed by atoms with van der Waals surface area (Å²) in [4.78, 5) is 14.4. The third-order valence-electron chi connectivity index (χ3n) is 4.65. The molecule has 23 heavy (non-hydrogen) atoms. The molecule has 4 heteroatoms. The van der Waals surface area contributed by atoms with Gasteiger partial charge in [0.1, 0.15) is 5.58 Å². The molecule has 124 valence electrons. The Bertz CT molecular complexity index is 750. The molecule has 2 heterocycles. The van der Waals surface area contributed by atoms with Crippen LogP contribution < -0.4 is 5.63 Å². The van der Waals surface area contributed by atoms with E-state index in [1.165, 1.54) is 12.0 Å². The van der Waals surface area contributed by atoms with Gasteiger partial charge >= 0.3 is 5.63 Å². The van der Waals surface area contributed by atoms with E-state index in [0.29, 0.717) is 6.04 Å². The van der Waals surface area contributed by atoms with Crippen LogP contribution >= 0.6 is 0 Å². The highest BCUT2D eigenvalue weighted by molar-refractivity contribution is 5.83. The molecular weight excluding hydrogens is 290 g/mol. The predicted octanol–water partition coefficient (Wildman–Crippen LogP) is 3.41. The Kier molecular flexibility index (Phi) is 4.83. The second-order valence-electron chi connectivity index (χ2n) is 6.48. The van der Waals surface area contributed by atoms with Crippen LogP contribution in [-0.2, 0) is 11.3 Å². The third kappa shape index (κ3) is 3.48. The first-order valence-electron chi connectivity index (χ1n) is 8.44. The second-order valence-corrected chi connectivity index (χ2v) is 6.48. The topological polar surface area (TPSA) is 42.7 Å². The third-order valence-corrected chi connectivity index (χ3v) is 4.65. The molecule has 1 unspecified atom stereocenters. The first-order chi connectivity index (χ1) is 11.1. The predicted molar refractivity (Wildman–Crippen MR) is 91.9 cm³/mol. The van der Waals surface area contributed by atoms with Crippen molar-refractivity contribution in [3.8, 4) is 0 Å². The molecule has 1 aromatic carbocycles. The Labute approximate surface area is 137 Å². The summed E-state index contributed by atoms with van der Waals surface area (Å²) in [6.07, 6.45) is 2.35. The van der Waals surface area contributed by atoms with Gasteiger partial charge in [0.15, 0.2) is 0 Å². The number of aryl methyl sites for hydroxylation is 2. The molecule has 1 aliphatic heterocycles. The van der Waals surface area contributed by atoms with Crippen LogP contribution in [0.15, 0.2) is 27.4 Å². The summed E-state index contributed by atoms with van der Waals surface area (Å²) in [6.45, 7) is 9.47. The van der Waals surface area contributed by atoms with E-state index in [1.807, 2.05) is 13.8 Å². The fraction of sp³-hybridized carbons (Fsp3) is 0.526. The minimum absolute atomic E-state index is 0.264. The normalized spacial score (nSPS) is 18.8. The fourth-order valence-electron chi connectivity index (χ4n) is 3.57. The number of hydrogen-bond donors (Lipinski definition) is 0. The van der Waals surface area contributed by atoms with Gasteiger partial charge in [-0.1, -0.05) is 6.07 Å². The van der Waals surface area contributed by atoms with Crippen molar-refractivity contribution in [3.63, 3.8) is 0 Å². The lowest BCUT2D eigenvalue weighted by Crippen LogP contribution is -2.33. The van der Waals surface area contributed by atoms with Gasteiger partial charge in [-0.25, -0.2) is 4.79 Å². The smallest absolute Gasteiger partial charge is 0.336 e. The summed E-state index contributed by atoms with van der Waals surface area (Å²) in [5.74, 6) is 0. The van der Waals surface area contributed by atoms with Gasteiger partial charge in [0, 0.05) is 30.6 Å². The number of nitrogens with zero attached hydrogens (tertiary/aromatic N) is 1. The molecule has 0 spiro atoms. The number of ether oxygens (including phenoxy) is 1. The zero-order valence-corrected chi connectivity index (χ0v) is 14.2. The fourth-order valence-corrected chi connectivity index (χ4v) is 3.57. The molecule has 4 nitrogen and oxygen atoms in total. The molecule has 0 radical (unpaired) electrons. The van der Waals surface area contributed by atoms with Crippen molar-refractivity contribution in [1.82, 2.24) is 4.90 Å². The summed E-state index contributed by atoms with van der Waals surface area (Å²) >= 11 is 0. The van der Waals surface area contributed by atoms with Crippen molar-refractivity contribution >= 4 is 11.0 Å². The summed E-state index contributed by atoms with van der Waals surface area (Å²) in [5, 5.41) is 1.06.